The first-order valence-electron chi connectivity index (χ1n) is 7.86. The van der Waals surface area contributed by atoms with Crippen LogP contribution >= 0.6 is 0 Å². The summed E-state index contributed by atoms with van der Waals surface area (Å²) >= 11 is 0. The molecule has 0 spiro atoms. The largest absolute Gasteiger partial charge is 0.743 e. The number of rotatable bonds is 6. The summed E-state index contributed by atoms with van der Waals surface area (Å²) in [5.74, 6) is -0.584. The Labute approximate surface area is 139 Å². The first-order chi connectivity index (χ1) is 11.0. The maximum absolute atomic E-state index is 12.9. The van der Waals surface area contributed by atoms with Crippen LogP contribution in [-0.2, 0) is 19.7 Å². The second-order valence-electron chi connectivity index (χ2n) is 6.74. The molecule has 0 saturated heterocycles. The maximum atomic E-state index is 12.9. The fraction of sp³-hybridized carbons (Fsp3) is 0.857. The average Bonchev–Trinajstić information content (AvgIpc) is 3.02. The number of hydrogen-bond acceptors (Lipinski definition) is 5. The molecule has 0 heterocycles. The molecule has 10 heteroatoms. The number of carbonyl (C=O) groups is 2. The van der Waals surface area contributed by atoms with Crippen molar-refractivity contribution in [2.45, 2.75) is 31.9 Å². The van der Waals surface area contributed by atoms with Gasteiger partial charge in [-0.15, -0.1) is 0 Å². The number of fused-ring (bicyclic) bond motifs is 2. The smallest absolute Gasteiger partial charge is 0.410 e. The van der Waals surface area contributed by atoms with Gasteiger partial charge in [-0.25, -0.2) is 8.42 Å². The number of carbonyl (C=O) groups excluding carboxylic acids is 2. The quantitative estimate of drug-likeness (QED) is 0.517. The molecule has 5 unspecified atom stereocenters. The van der Waals surface area contributed by atoms with Crippen LogP contribution in [0.5, 0.6) is 0 Å². The standard InChI is InChI=1S/C14H22F2N2O5S/c1-7-8(2)10-5-9(7)6-11(10)12(19)17-3-4-18-13(20)14(15,16)24(21,22)23/h7-11H,3-6H2,1-2H3,(H,17,19)(H,18,20)(H,21,22,23)/p-1. The van der Waals surface area contributed by atoms with E-state index in [1.54, 1.807) is 5.32 Å². The molecular weight excluding hydrogens is 346 g/mol. The van der Waals surface area contributed by atoms with E-state index in [-0.39, 0.29) is 24.9 Å². The van der Waals surface area contributed by atoms with E-state index in [9.17, 15) is 31.3 Å². The molecule has 0 radical (unpaired) electrons. The van der Waals surface area contributed by atoms with Crippen LogP contribution in [0, 0.1) is 29.6 Å². The van der Waals surface area contributed by atoms with Gasteiger partial charge in [0, 0.05) is 19.0 Å². The van der Waals surface area contributed by atoms with Gasteiger partial charge in [-0.1, -0.05) is 13.8 Å². The Morgan fingerprint density at radius 1 is 1.12 bits per heavy atom. The van der Waals surface area contributed by atoms with E-state index < -0.39 is 21.3 Å². The van der Waals surface area contributed by atoms with Crippen molar-refractivity contribution >= 4 is 21.9 Å². The van der Waals surface area contributed by atoms with Gasteiger partial charge in [0.25, 0.3) is 0 Å². The van der Waals surface area contributed by atoms with Gasteiger partial charge in [0.05, 0.1) is 0 Å². The zero-order chi connectivity index (χ0) is 18.3. The van der Waals surface area contributed by atoms with Gasteiger partial charge >= 0.3 is 11.2 Å². The third kappa shape index (κ3) is 3.39. The molecule has 2 rings (SSSR count). The third-order valence-electron chi connectivity index (χ3n) is 5.52. The minimum absolute atomic E-state index is 0.111. The summed E-state index contributed by atoms with van der Waals surface area (Å²) in [6, 6.07) is 0. The van der Waals surface area contributed by atoms with Gasteiger partial charge in [-0.2, -0.15) is 8.78 Å². The maximum Gasteiger partial charge on any atom is 0.410 e. The fourth-order valence-corrected chi connectivity index (χ4v) is 4.25. The van der Waals surface area contributed by atoms with E-state index in [1.807, 2.05) is 0 Å². The molecule has 7 nitrogen and oxygen atoms in total. The van der Waals surface area contributed by atoms with Crippen LogP contribution < -0.4 is 10.6 Å². The Morgan fingerprint density at radius 2 is 1.71 bits per heavy atom. The molecule has 138 valence electrons. The van der Waals surface area contributed by atoms with E-state index in [4.69, 9.17) is 0 Å². The van der Waals surface area contributed by atoms with Gasteiger partial charge < -0.3 is 15.2 Å². The van der Waals surface area contributed by atoms with E-state index in [1.165, 1.54) is 0 Å². The van der Waals surface area contributed by atoms with Crippen LogP contribution in [-0.4, -0.2) is 43.1 Å². The van der Waals surface area contributed by atoms with Crippen LogP contribution in [0.25, 0.3) is 0 Å². The minimum Gasteiger partial charge on any atom is -0.743 e. The highest BCUT2D eigenvalue weighted by Crippen LogP contribution is 2.54. The van der Waals surface area contributed by atoms with Crippen molar-refractivity contribution in [1.29, 1.82) is 0 Å². The number of alkyl halides is 2. The highest BCUT2D eigenvalue weighted by Gasteiger charge is 2.51. The molecule has 2 bridgehead atoms. The predicted octanol–water partition coefficient (Wildman–Crippen LogP) is 0.285. The molecule has 24 heavy (non-hydrogen) atoms. The molecule has 2 fully saturated rings. The Hall–Kier alpha value is -1.29. The highest BCUT2D eigenvalue weighted by molar-refractivity contribution is 7.87. The number of nitrogens with one attached hydrogen (secondary N) is 2. The molecular formula is C14H21F2N2O5S-. The summed E-state index contributed by atoms with van der Waals surface area (Å²) < 4.78 is 56.8. The molecule has 5 atom stereocenters. The van der Waals surface area contributed by atoms with Gasteiger partial charge in [-0.05, 0) is 36.5 Å². The fourth-order valence-electron chi connectivity index (χ4n) is 3.95. The number of halogens is 2. The monoisotopic (exact) mass is 367 g/mol. The first-order valence-corrected chi connectivity index (χ1v) is 9.27. The molecule has 2 aliphatic carbocycles. The Bertz CT molecular complexity index is 623. The molecule has 2 aliphatic rings. The molecule has 0 aliphatic heterocycles. The summed E-state index contributed by atoms with van der Waals surface area (Å²) in [6.45, 7) is 3.81. The summed E-state index contributed by atoms with van der Waals surface area (Å²) in [5, 5.41) is -0.814. The van der Waals surface area contributed by atoms with Crippen LogP contribution in [0.2, 0.25) is 0 Å². The second-order valence-corrected chi connectivity index (χ2v) is 8.16. The normalized spacial score (nSPS) is 32.6. The van der Waals surface area contributed by atoms with Crippen molar-refractivity contribution in [3.8, 4) is 0 Å². The van der Waals surface area contributed by atoms with Crippen molar-refractivity contribution in [2.75, 3.05) is 13.1 Å². The van der Waals surface area contributed by atoms with Crippen LogP contribution in [0.4, 0.5) is 8.78 Å². The molecule has 2 amide bonds. The Kier molecular flexibility index (Phi) is 5.19. The van der Waals surface area contributed by atoms with Crippen molar-refractivity contribution in [2.24, 2.45) is 29.6 Å². The lowest BCUT2D eigenvalue weighted by Gasteiger charge is -2.30. The average molecular weight is 367 g/mol. The second kappa shape index (κ2) is 6.55. The van der Waals surface area contributed by atoms with Gasteiger partial charge in [0.2, 0.25) is 5.91 Å². The predicted molar refractivity (Wildman–Crippen MR) is 78.7 cm³/mol. The lowest BCUT2D eigenvalue weighted by atomic mass is 9.75. The lowest BCUT2D eigenvalue weighted by Crippen LogP contribution is -2.48. The van der Waals surface area contributed by atoms with E-state index in [0.717, 1.165) is 12.8 Å². The third-order valence-corrected chi connectivity index (χ3v) is 6.33. The summed E-state index contributed by atoms with van der Waals surface area (Å²) in [4.78, 5) is 23.2. The summed E-state index contributed by atoms with van der Waals surface area (Å²) in [5.41, 5.74) is 0. The van der Waals surface area contributed by atoms with E-state index in [2.05, 4.69) is 19.2 Å². The molecule has 0 aromatic heterocycles. The van der Waals surface area contributed by atoms with E-state index >= 15 is 0 Å². The van der Waals surface area contributed by atoms with Gasteiger partial charge in [0.1, 0.15) is 0 Å². The SMILES string of the molecule is CC1C2CC(C(=O)NCCNC(=O)C(F)(F)S(=O)(=O)[O-])C(C2)C1C. The zero-order valence-corrected chi connectivity index (χ0v) is 14.2. The van der Waals surface area contributed by atoms with Crippen molar-refractivity contribution in [1.82, 2.24) is 10.6 Å². The van der Waals surface area contributed by atoms with Gasteiger partial charge in [0.15, 0.2) is 10.1 Å². The number of hydrogen-bond donors (Lipinski definition) is 2. The molecule has 2 N–H and O–H groups in total. The number of amides is 2. The Morgan fingerprint density at radius 3 is 2.21 bits per heavy atom. The van der Waals surface area contributed by atoms with E-state index in [0.29, 0.717) is 23.7 Å². The summed E-state index contributed by atoms with van der Waals surface area (Å²) in [7, 11) is -6.07. The van der Waals surface area contributed by atoms with Crippen molar-refractivity contribution < 1.29 is 31.3 Å². The summed E-state index contributed by atoms with van der Waals surface area (Å²) in [6.07, 6.45) is 1.83. The lowest BCUT2D eigenvalue weighted by molar-refractivity contribution is -0.136. The van der Waals surface area contributed by atoms with Crippen LogP contribution in [0.1, 0.15) is 26.7 Å². The minimum atomic E-state index is -6.07. The zero-order valence-electron chi connectivity index (χ0n) is 13.4. The molecule has 2 saturated carbocycles. The molecule has 0 aromatic carbocycles. The topological polar surface area (TPSA) is 115 Å². The molecule has 0 aromatic rings. The van der Waals surface area contributed by atoms with Crippen molar-refractivity contribution in [3.05, 3.63) is 0 Å². The van der Waals surface area contributed by atoms with Crippen LogP contribution in [0.15, 0.2) is 0 Å². The Balaban J connectivity index is 1.76. The van der Waals surface area contributed by atoms with Crippen molar-refractivity contribution in [3.63, 3.8) is 0 Å². The van der Waals surface area contributed by atoms with Gasteiger partial charge in [-0.3, -0.25) is 9.59 Å². The highest BCUT2D eigenvalue weighted by atomic mass is 32.2. The first kappa shape index (κ1) is 19.0. The van der Waals surface area contributed by atoms with Crippen LogP contribution in [0.3, 0.4) is 0 Å².